The van der Waals surface area contributed by atoms with Crippen LogP contribution in [0, 0.1) is 0 Å². The Hall–Kier alpha value is -1.40. The maximum atomic E-state index is 12.0. The Kier molecular flexibility index (Phi) is 3.68. The molecule has 1 N–H and O–H groups in total. The van der Waals surface area contributed by atoms with Crippen LogP contribution in [-0.4, -0.2) is 42.0 Å². The summed E-state index contributed by atoms with van der Waals surface area (Å²) in [7, 11) is 3.36. The number of nitrogens with zero attached hydrogens (tertiary/aromatic N) is 2. The van der Waals surface area contributed by atoms with Gasteiger partial charge in [-0.15, -0.1) is 0 Å². The molecular formula is C12H14BrN3O2. The van der Waals surface area contributed by atoms with Crippen molar-refractivity contribution in [3.8, 4) is 0 Å². The van der Waals surface area contributed by atoms with Gasteiger partial charge >= 0.3 is 0 Å². The van der Waals surface area contributed by atoms with E-state index in [2.05, 4.69) is 21.2 Å². The number of carbonyl (C=O) groups excluding carboxylic acids is 2. The quantitative estimate of drug-likeness (QED) is 0.859. The first-order chi connectivity index (χ1) is 8.49. The molecule has 0 radical (unpaired) electrons. The monoisotopic (exact) mass is 311 g/mol. The van der Waals surface area contributed by atoms with Crippen molar-refractivity contribution in [2.75, 3.05) is 19.4 Å². The first kappa shape index (κ1) is 13.0. The first-order valence-corrected chi connectivity index (χ1v) is 6.34. The Morgan fingerprint density at radius 3 is 2.39 bits per heavy atom. The minimum atomic E-state index is -0.485. The fourth-order valence-electron chi connectivity index (χ4n) is 1.90. The average molecular weight is 312 g/mol. The zero-order chi connectivity index (χ0) is 13.3. The van der Waals surface area contributed by atoms with Crippen molar-refractivity contribution in [2.45, 2.75) is 12.5 Å². The average Bonchev–Trinajstić information content (AvgIpc) is 2.57. The summed E-state index contributed by atoms with van der Waals surface area (Å²) in [5.41, 5.74) is 0.824. The van der Waals surface area contributed by atoms with Gasteiger partial charge in [0.05, 0.1) is 6.42 Å². The summed E-state index contributed by atoms with van der Waals surface area (Å²) in [5, 5.41) is 5.74. The van der Waals surface area contributed by atoms with Crippen LogP contribution in [-0.2, 0) is 9.59 Å². The van der Waals surface area contributed by atoms with E-state index in [0.29, 0.717) is 0 Å². The Morgan fingerprint density at radius 1 is 1.28 bits per heavy atom. The van der Waals surface area contributed by atoms with E-state index in [0.717, 1.165) is 15.2 Å². The smallest absolute Gasteiger partial charge is 0.266 e. The van der Waals surface area contributed by atoms with Gasteiger partial charge in [-0.3, -0.25) is 9.59 Å². The molecule has 0 unspecified atom stereocenters. The Labute approximate surface area is 114 Å². The number of hydrogen-bond acceptors (Lipinski definition) is 4. The lowest BCUT2D eigenvalue weighted by atomic mass is 10.2. The second-order valence-electron chi connectivity index (χ2n) is 4.30. The van der Waals surface area contributed by atoms with Gasteiger partial charge in [0.1, 0.15) is 6.04 Å². The minimum Gasteiger partial charge on any atom is -0.373 e. The highest BCUT2D eigenvalue weighted by molar-refractivity contribution is 9.10. The summed E-state index contributed by atoms with van der Waals surface area (Å²) >= 11 is 3.34. The number of hydrogen-bond donors (Lipinski definition) is 1. The van der Waals surface area contributed by atoms with Gasteiger partial charge in [-0.25, -0.2) is 10.0 Å². The molecule has 0 aromatic heterocycles. The molecule has 1 aromatic carbocycles. The van der Waals surface area contributed by atoms with E-state index in [1.54, 1.807) is 14.1 Å². The third-order valence-electron chi connectivity index (χ3n) is 2.71. The van der Waals surface area contributed by atoms with Crippen LogP contribution in [0.2, 0.25) is 0 Å². The number of hydrazine groups is 1. The molecule has 2 rings (SSSR count). The van der Waals surface area contributed by atoms with Gasteiger partial charge < -0.3 is 5.32 Å². The maximum Gasteiger partial charge on any atom is 0.266 e. The van der Waals surface area contributed by atoms with Gasteiger partial charge in [0.25, 0.3) is 5.91 Å². The molecule has 0 saturated carbocycles. The highest BCUT2D eigenvalue weighted by Gasteiger charge is 2.39. The summed E-state index contributed by atoms with van der Waals surface area (Å²) < 4.78 is 0.969. The van der Waals surface area contributed by atoms with Gasteiger partial charge in [-0.2, -0.15) is 0 Å². The number of carbonyl (C=O) groups is 2. The molecule has 6 heteroatoms. The van der Waals surface area contributed by atoms with E-state index < -0.39 is 6.04 Å². The van der Waals surface area contributed by atoms with Crippen molar-refractivity contribution in [1.82, 2.24) is 10.0 Å². The van der Waals surface area contributed by atoms with Crippen molar-refractivity contribution < 1.29 is 9.59 Å². The van der Waals surface area contributed by atoms with Gasteiger partial charge in [0.15, 0.2) is 0 Å². The molecule has 2 amide bonds. The minimum absolute atomic E-state index is 0.181. The Bertz CT molecular complexity index is 473. The van der Waals surface area contributed by atoms with Gasteiger partial charge in [0.2, 0.25) is 5.91 Å². The van der Waals surface area contributed by atoms with Crippen LogP contribution >= 0.6 is 15.9 Å². The predicted molar refractivity (Wildman–Crippen MR) is 71.7 cm³/mol. The molecule has 1 aromatic rings. The Morgan fingerprint density at radius 2 is 1.89 bits per heavy atom. The van der Waals surface area contributed by atoms with E-state index in [1.807, 2.05) is 24.3 Å². The fraction of sp³-hybridized carbons (Fsp3) is 0.333. The van der Waals surface area contributed by atoms with Crippen LogP contribution in [0.3, 0.4) is 0 Å². The lowest BCUT2D eigenvalue weighted by molar-refractivity contribution is -0.152. The van der Waals surface area contributed by atoms with E-state index in [4.69, 9.17) is 0 Å². The zero-order valence-electron chi connectivity index (χ0n) is 10.2. The molecule has 0 aliphatic carbocycles. The van der Waals surface area contributed by atoms with Gasteiger partial charge in [-0.1, -0.05) is 15.9 Å². The summed E-state index contributed by atoms with van der Waals surface area (Å²) in [6.07, 6.45) is 0.188. The fourth-order valence-corrected chi connectivity index (χ4v) is 2.16. The van der Waals surface area contributed by atoms with E-state index in [9.17, 15) is 9.59 Å². The number of amides is 2. The lowest BCUT2D eigenvalue weighted by Crippen LogP contribution is -2.43. The highest BCUT2D eigenvalue weighted by atomic mass is 79.9. The molecule has 1 heterocycles. The SMILES string of the molecule is CN(C)N1C(=O)C[C@H](Nc2ccc(Br)cc2)C1=O. The first-order valence-electron chi connectivity index (χ1n) is 5.55. The molecule has 5 nitrogen and oxygen atoms in total. The molecule has 96 valence electrons. The van der Waals surface area contributed by atoms with Crippen LogP contribution < -0.4 is 5.32 Å². The number of imide groups is 1. The number of benzene rings is 1. The molecule has 0 bridgehead atoms. The molecule has 1 fully saturated rings. The second kappa shape index (κ2) is 5.07. The summed E-state index contributed by atoms with van der Waals surface area (Å²) in [6.45, 7) is 0. The predicted octanol–water partition coefficient (Wildman–Crippen LogP) is 1.47. The second-order valence-corrected chi connectivity index (χ2v) is 5.21. The third kappa shape index (κ3) is 2.54. The molecular weight excluding hydrogens is 298 g/mol. The van der Waals surface area contributed by atoms with Gasteiger partial charge in [0, 0.05) is 24.3 Å². The van der Waals surface area contributed by atoms with Crippen molar-refractivity contribution in [3.63, 3.8) is 0 Å². The van der Waals surface area contributed by atoms with Crippen LogP contribution in [0.5, 0.6) is 0 Å². The molecule has 1 saturated heterocycles. The third-order valence-corrected chi connectivity index (χ3v) is 3.24. The van der Waals surface area contributed by atoms with Crippen LogP contribution in [0.25, 0.3) is 0 Å². The molecule has 18 heavy (non-hydrogen) atoms. The topological polar surface area (TPSA) is 52.6 Å². The number of nitrogens with one attached hydrogen (secondary N) is 1. The number of rotatable bonds is 3. The van der Waals surface area contributed by atoms with Crippen LogP contribution in [0.15, 0.2) is 28.7 Å². The van der Waals surface area contributed by atoms with Crippen molar-refractivity contribution in [2.24, 2.45) is 0 Å². The summed E-state index contributed by atoms with van der Waals surface area (Å²) in [5.74, 6) is -0.396. The van der Waals surface area contributed by atoms with Gasteiger partial charge in [-0.05, 0) is 24.3 Å². The van der Waals surface area contributed by atoms with E-state index in [1.165, 1.54) is 5.01 Å². The number of anilines is 1. The summed E-state index contributed by atoms with van der Waals surface area (Å²) in [4.78, 5) is 23.7. The zero-order valence-corrected chi connectivity index (χ0v) is 11.8. The highest BCUT2D eigenvalue weighted by Crippen LogP contribution is 2.20. The molecule has 1 aliphatic heterocycles. The van der Waals surface area contributed by atoms with Crippen molar-refractivity contribution >= 4 is 33.4 Å². The van der Waals surface area contributed by atoms with Crippen molar-refractivity contribution in [1.29, 1.82) is 0 Å². The molecule has 0 spiro atoms. The normalized spacial score (nSPS) is 19.8. The maximum absolute atomic E-state index is 12.0. The molecule has 1 aliphatic rings. The van der Waals surface area contributed by atoms with Crippen molar-refractivity contribution in [3.05, 3.63) is 28.7 Å². The van der Waals surface area contributed by atoms with E-state index in [-0.39, 0.29) is 18.2 Å². The Balaban J connectivity index is 2.10. The van der Waals surface area contributed by atoms with E-state index >= 15 is 0 Å². The summed E-state index contributed by atoms with van der Waals surface area (Å²) in [6, 6.07) is 7.00. The number of halogens is 1. The largest absolute Gasteiger partial charge is 0.373 e. The lowest BCUT2D eigenvalue weighted by Gasteiger charge is -2.22. The molecule has 1 atom stereocenters. The van der Waals surface area contributed by atoms with Crippen LogP contribution in [0.1, 0.15) is 6.42 Å². The van der Waals surface area contributed by atoms with Crippen LogP contribution in [0.4, 0.5) is 5.69 Å². The standard InChI is InChI=1S/C12H14BrN3O2/c1-15(2)16-11(17)7-10(12(16)18)14-9-5-3-8(13)4-6-9/h3-6,10,14H,7H2,1-2H3/t10-/m0/s1.